The maximum atomic E-state index is 6.56. The van der Waals surface area contributed by atoms with Gasteiger partial charge in [-0.2, -0.15) is 0 Å². The minimum atomic E-state index is 0.501. The average molecular weight is 445 g/mol. The SMILES string of the molecule is CCC(C)c1ccc2oc3c(-c4ccc5c(c4)-c4ccccc4C5)cc(C(C)CC)cc3c2c1. The van der Waals surface area contributed by atoms with Gasteiger partial charge in [-0.1, -0.05) is 70.2 Å². The van der Waals surface area contributed by atoms with Crippen LogP contribution in [-0.2, 0) is 6.42 Å². The lowest BCUT2D eigenvalue weighted by Gasteiger charge is -2.13. The van der Waals surface area contributed by atoms with Gasteiger partial charge in [0, 0.05) is 16.3 Å². The maximum Gasteiger partial charge on any atom is 0.143 e. The van der Waals surface area contributed by atoms with E-state index in [1.165, 1.54) is 55.3 Å². The van der Waals surface area contributed by atoms with Crippen LogP contribution in [0.5, 0.6) is 0 Å². The van der Waals surface area contributed by atoms with Crippen LogP contribution in [0.2, 0.25) is 0 Å². The zero-order valence-electron chi connectivity index (χ0n) is 20.6. The zero-order chi connectivity index (χ0) is 23.4. The summed E-state index contributed by atoms with van der Waals surface area (Å²) < 4.78 is 6.56. The Labute approximate surface area is 202 Å². The molecule has 0 amide bonds. The van der Waals surface area contributed by atoms with E-state index in [-0.39, 0.29) is 0 Å². The average Bonchev–Trinajstić information content (AvgIpc) is 3.44. The van der Waals surface area contributed by atoms with Crippen LogP contribution >= 0.6 is 0 Å². The standard InChI is InChI=1S/C33H32O/c1-5-20(3)22-13-14-32-30(16-22)31-19-26(21(4)6-2)18-29(33(31)34-32)25-12-11-24-15-23-9-7-8-10-27(23)28(24)17-25/h7-14,16-21H,5-6,15H2,1-4H3. The van der Waals surface area contributed by atoms with Crippen molar-refractivity contribution in [2.45, 2.75) is 58.8 Å². The van der Waals surface area contributed by atoms with E-state index in [0.717, 1.165) is 30.4 Å². The molecule has 1 heteroatoms. The zero-order valence-corrected chi connectivity index (χ0v) is 20.6. The second kappa shape index (κ2) is 8.17. The van der Waals surface area contributed by atoms with Crippen LogP contribution in [-0.4, -0.2) is 0 Å². The number of benzene rings is 4. The van der Waals surface area contributed by atoms with Crippen LogP contribution in [0.25, 0.3) is 44.2 Å². The summed E-state index contributed by atoms with van der Waals surface area (Å²) in [6.45, 7) is 9.17. The van der Waals surface area contributed by atoms with Gasteiger partial charge in [-0.05, 0) is 100 Å². The number of fused-ring (bicyclic) bond motifs is 6. The van der Waals surface area contributed by atoms with Crippen LogP contribution < -0.4 is 0 Å². The summed E-state index contributed by atoms with van der Waals surface area (Å²) in [5.74, 6) is 1.05. The lowest BCUT2D eigenvalue weighted by atomic mass is 9.90. The van der Waals surface area contributed by atoms with E-state index < -0.39 is 0 Å². The quantitative estimate of drug-likeness (QED) is 0.258. The molecule has 1 nitrogen and oxygen atoms in total. The predicted octanol–water partition coefficient (Wildman–Crippen LogP) is 9.85. The minimum absolute atomic E-state index is 0.501. The van der Waals surface area contributed by atoms with Crippen molar-refractivity contribution in [2.24, 2.45) is 0 Å². The van der Waals surface area contributed by atoms with Crippen molar-refractivity contribution >= 4 is 21.9 Å². The van der Waals surface area contributed by atoms with Crippen molar-refractivity contribution < 1.29 is 4.42 Å². The second-order valence-corrected chi connectivity index (χ2v) is 10.1. The molecular weight excluding hydrogens is 412 g/mol. The molecule has 0 radical (unpaired) electrons. The highest BCUT2D eigenvalue weighted by Crippen LogP contribution is 2.43. The van der Waals surface area contributed by atoms with E-state index in [1.54, 1.807) is 0 Å². The third-order valence-electron chi connectivity index (χ3n) is 8.09. The Balaban J connectivity index is 1.60. The van der Waals surface area contributed by atoms with Gasteiger partial charge in [0.2, 0.25) is 0 Å². The molecule has 0 fully saturated rings. The summed E-state index contributed by atoms with van der Waals surface area (Å²) in [6.07, 6.45) is 3.29. The third kappa shape index (κ3) is 3.29. The predicted molar refractivity (Wildman–Crippen MR) is 145 cm³/mol. The lowest BCUT2D eigenvalue weighted by Crippen LogP contribution is -1.93. The molecule has 0 N–H and O–H groups in total. The van der Waals surface area contributed by atoms with Gasteiger partial charge in [-0.15, -0.1) is 0 Å². The number of hydrogen-bond acceptors (Lipinski definition) is 1. The summed E-state index contributed by atoms with van der Waals surface area (Å²) in [4.78, 5) is 0. The van der Waals surface area contributed by atoms with Crippen molar-refractivity contribution in [1.29, 1.82) is 0 Å². The van der Waals surface area contributed by atoms with Crippen LogP contribution in [0.1, 0.15) is 74.6 Å². The van der Waals surface area contributed by atoms with Crippen molar-refractivity contribution in [1.82, 2.24) is 0 Å². The van der Waals surface area contributed by atoms with E-state index in [1.807, 2.05) is 0 Å². The van der Waals surface area contributed by atoms with Crippen LogP contribution in [0.15, 0.2) is 77.2 Å². The Kier molecular flexibility index (Phi) is 5.10. The highest BCUT2D eigenvalue weighted by molar-refractivity contribution is 6.10. The van der Waals surface area contributed by atoms with Gasteiger partial charge < -0.3 is 4.42 Å². The molecule has 0 spiro atoms. The van der Waals surface area contributed by atoms with Crippen molar-refractivity contribution in [3.63, 3.8) is 0 Å². The summed E-state index contributed by atoms with van der Waals surface area (Å²) >= 11 is 0. The monoisotopic (exact) mass is 444 g/mol. The number of rotatable bonds is 5. The van der Waals surface area contributed by atoms with Crippen LogP contribution in [0.4, 0.5) is 0 Å². The first-order valence-corrected chi connectivity index (χ1v) is 12.8. The van der Waals surface area contributed by atoms with Gasteiger partial charge in [0.1, 0.15) is 11.2 Å². The molecule has 2 unspecified atom stereocenters. The largest absolute Gasteiger partial charge is 0.455 e. The minimum Gasteiger partial charge on any atom is -0.455 e. The third-order valence-corrected chi connectivity index (χ3v) is 8.09. The Bertz CT molecular complexity index is 1530. The summed E-state index contributed by atoms with van der Waals surface area (Å²) in [5.41, 5.74) is 12.8. The highest BCUT2D eigenvalue weighted by Gasteiger charge is 2.21. The van der Waals surface area contributed by atoms with Gasteiger partial charge in [-0.25, -0.2) is 0 Å². The topological polar surface area (TPSA) is 13.1 Å². The molecule has 1 aliphatic carbocycles. The summed E-state index contributed by atoms with van der Waals surface area (Å²) in [7, 11) is 0. The Hall–Kier alpha value is -3.32. The van der Waals surface area contributed by atoms with Gasteiger partial charge in [-0.3, -0.25) is 0 Å². The van der Waals surface area contributed by atoms with Crippen molar-refractivity contribution in [3.05, 3.63) is 95.1 Å². The Morgan fingerprint density at radius 3 is 2.24 bits per heavy atom. The molecule has 0 saturated carbocycles. The molecular formula is C33H32O. The molecule has 1 aromatic heterocycles. The number of hydrogen-bond donors (Lipinski definition) is 0. The molecule has 1 heterocycles. The molecule has 4 aromatic carbocycles. The number of furan rings is 1. The first-order valence-electron chi connectivity index (χ1n) is 12.8. The maximum absolute atomic E-state index is 6.56. The fourth-order valence-electron chi connectivity index (χ4n) is 5.49. The van der Waals surface area contributed by atoms with Gasteiger partial charge >= 0.3 is 0 Å². The van der Waals surface area contributed by atoms with Gasteiger partial charge in [0.15, 0.2) is 0 Å². The molecule has 6 rings (SSSR count). The molecule has 170 valence electrons. The smallest absolute Gasteiger partial charge is 0.143 e. The molecule has 34 heavy (non-hydrogen) atoms. The fraction of sp³-hybridized carbons (Fsp3) is 0.273. The van der Waals surface area contributed by atoms with Crippen LogP contribution in [0, 0.1) is 0 Å². The molecule has 5 aromatic rings. The van der Waals surface area contributed by atoms with E-state index in [0.29, 0.717) is 11.8 Å². The molecule has 0 aliphatic heterocycles. The van der Waals surface area contributed by atoms with Gasteiger partial charge in [0.25, 0.3) is 0 Å². The molecule has 2 atom stereocenters. The molecule has 0 bridgehead atoms. The van der Waals surface area contributed by atoms with E-state index >= 15 is 0 Å². The Morgan fingerprint density at radius 2 is 1.41 bits per heavy atom. The van der Waals surface area contributed by atoms with Crippen LogP contribution in [0.3, 0.4) is 0 Å². The summed E-state index contributed by atoms with van der Waals surface area (Å²) in [5, 5.41) is 2.49. The van der Waals surface area contributed by atoms with Crippen molar-refractivity contribution in [3.8, 4) is 22.3 Å². The second-order valence-electron chi connectivity index (χ2n) is 10.1. The van der Waals surface area contributed by atoms with E-state index in [9.17, 15) is 0 Å². The Morgan fingerprint density at radius 1 is 0.676 bits per heavy atom. The van der Waals surface area contributed by atoms with E-state index in [4.69, 9.17) is 4.42 Å². The normalized spacial score (nSPS) is 14.4. The summed E-state index contributed by atoms with van der Waals surface area (Å²) in [6, 6.07) is 27.3. The molecule has 0 saturated heterocycles. The molecule has 1 aliphatic rings. The van der Waals surface area contributed by atoms with E-state index in [2.05, 4.69) is 100 Å². The fourth-order valence-corrected chi connectivity index (χ4v) is 5.49. The first-order chi connectivity index (χ1) is 16.6. The lowest BCUT2D eigenvalue weighted by molar-refractivity contribution is 0.668. The highest BCUT2D eigenvalue weighted by atomic mass is 16.3. The first kappa shape index (κ1) is 21.2. The van der Waals surface area contributed by atoms with Gasteiger partial charge in [0.05, 0.1) is 0 Å². The van der Waals surface area contributed by atoms with Crippen molar-refractivity contribution in [2.75, 3.05) is 0 Å².